The largest absolute Gasteiger partial charge is 0.380 e. The van der Waals surface area contributed by atoms with E-state index in [4.69, 9.17) is 0 Å². The molecule has 1 aliphatic rings. The van der Waals surface area contributed by atoms with Crippen LogP contribution in [0, 0.1) is 0 Å². The van der Waals surface area contributed by atoms with Crippen LogP contribution in [0.1, 0.15) is 47.3 Å². The lowest BCUT2D eigenvalue weighted by atomic mass is 9.97. The van der Waals surface area contributed by atoms with Crippen LogP contribution in [0.3, 0.4) is 0 Å². The average molecular weight is 487 g/mol. The third kappa shape index (κ3) is 5.53. The number of nitrogens with one attached hydrogen (secondary N) is 1. The molecule has 1 aliphatic heterocycles. The van der Waals surface area contributed by atoms with Crippen LogP contribution in [0.2, 0.25) is 0 Å². The molecule has 0 radical (unpaired) electrons. The first-order chi connectivity index (χ1) is 17.4. The molecule has 0 spiro atoms. The molecule has 186 valence electrons. The van der Waals surface area contributed by atoms with E-state index in [-0.39, 0.29) is 18.4 Å². The Bertz CT molecular complexity index is 1230. The molecular formula is C29H30N2O5. The number of aliphatic hydroxyl groups excluding tert-OH is 2. The molecule has 3 N–H and O–H groups in total. The summed E-state index contributed by atoms with van der Waals surface area (Å²) < 4.78 is 0. The van der Waals surface area contributed by atoms with Crippen molar-refractivity contribution in [3.8, 4) is 11.1 Å². The fourth-order valence-electron chi connectivity index (χ4n) is 4.64. The van der Waals surface area contributed by atoms with Gasteiger partial charge in [0.15, 0.2) is 18.0 Å². The molecule has 0 aromatic heterocycles. The Morgan fingerprint density at radius 1 is 0.917 bits per heavy atom. The number of carbonyl (C=O) groups is 3. The van der Waals surface area contributed by atoms with Crippen molar-refractivity contribution < 1.29 is 24.6 Å². The zero-order chi connectivity index (χ0) is 25.7. The number of carbonyl (C=O) groups excluding carboxylic acids is 3. The van der Waals surface area contributed by atoms with Crippen LogP contribution in [0.25, 0.3) is 11.1 Å². The van der Waals surface area contributed by atoms with Crippen LogP contribution < -0.4 is 5.32 Å². The number of aliphatic hydroxyl groups is 2. The monoisotopic (exact) mass is 486 g/mol. The van der Waals surface area contributed by atoms with E-state index in [1.54, 1.807) is 6.07 Å². The van der Waals surface area contributed by atoms with E-state index in [9.17, 15) is 24.6 Å². The van der Waals surface area contributed by atoms with E-state index in [0.717, 1.165) is 35.1 Å². The summed E-state index contributed by atoms with van der Waals surface area (Å²) in [6.45, 7) is 2.10. The molecule has 0 unspecified atom stereocenters. The average Bonchev–Trinajstić information content (AvgIpc) is 3.41. The van der Waals surface area contributed by atoms with E-state index in [1.165, 1.54) is 11.8 Å². The summed E-state index contributed by atoms with van der Waals surface area (Å²) in [4.78, 5) is 38.9. The standard InChI is InChI=1S/C29H30N2O5/c1-19(32)23-10-5-6-11-24(23)21-15-13-20(14-16-21)18-30-28(35)26(33)27(34)29(36)31-17-7-12-25(31)22-8-3-2-4-9-22/h2-6,8-11,13-16,25-27,33-34H,7,12,17-18H2,1H3,(H,30,35)/t25-,26-,27-/m1/s1. The number of ketones is 1. The molecule has 36 heavy (non-hydrogen) atoms. The number of amides is 2. The Morgan fingerprint density at radius 3 is 2.28 bits per heavy atom. The summed E-state index contributed by atoms with van der Waals surface area (Å²) >= 11 is 0. The zero-order valence-corrected chi connectivity index (χ0v) is 20.1. The van der Waals surface area contributed by atoms with Gasteiger partial charge in [0.1, 0.15) is 0 Å². The summed E-state index contributed by atoms with van der Waals surface area (Å²) in [5.41, 5.74) is 4.06. The van der Waals surface area contributed by atoms with Gasteiger partial charge in [0.25, 0.3) is 11.8 Å². The molecule has 1 fully saturated rings. The number of nitrogens with zero attached hydrogens (tertiary/aromatic N) is 1. The third-order valence-corrected chi connectivity index (χ3v) is 6.58. The smallest absolute Gasteiger partial charge is 0.255 e. The van der Waals surface area contributed by atoms with Gasteiger partial charge in [-0.15, -0.1) is 0 Å². The molecule has 4 rings (SSSR count). The maximum absolute atomic E-state index is 12.9. The number of hydrogen-bond acceptors (Lipinski definition) is 5. The molecule has 2 amide bonds. The Hall–Kier alpha value is -3.81. The molecule has 0 bridgehead atoms. The quantitative estimate of drug-likeness (QED) is 0.424. The van der Waals surface area contributed by atoms with Crippen molar-refractivity contribution in [2.75, 3.05) is 6.54 Å². The highest BCUT2D eigenvalue weighted by atomic mass is 16.3. The van der Waals surface area contributed by atoms with Gasteiger partial charge >= 0.3 is 0 Å². The number of benzene rings is 3. The lowest BCUT2D eigenvalue weighted by Crippen LogP contribution is -2.50. The molecule has 3 atom stereocenters. The van der Waals surface area contributed by atoms with Gasteiger partial charge in [0.05, 0.1) is 6.04 Å². The highest BCUT2D eigenvalue weighted by molar-refractivity contribution is 6.00. The first kappa shape index (κ1) is 25.3. The van der Waals surface area contributed by atoms with E-state index >= 15 is 0 Å². The van der Waals surface area contributed by atoms with E-state index < -0.39 is 24.0 Å². The fraction of sp³-hybridized carbons (Fsp3) is 0.276. The molecule has 7 nitrogen and oxygen atoms in total. The number of likely N-dealkylation sites (tertiary alicyclic amines) is 1. The first-order valence-electron chi connectivity index (χ1n) is 12.1. The minimum absolute atomic E-state index is 0.0203. The Labute approximate surface area is 210 Å². The Balaban J connectivity index is 1.35. The van der Waals surface area contributed by atoms with Crippen molar-refractivity contribution in [1.82, 2.24) is 10.2 Å². The predicted octanol–water partition coefficient (Wildman–Crippen LogP) is 3.26. The van der Waals surface area contributed by atoms with E-state index in [2.05, 4.69) is 5.32 Å². The summed E-state index contributed by atoms with van der Waals surface area (Å²) in [5.74, 6) is -1.50. The lowest BCUT2D eigenvalue weighted by molar-refractivity contribution is -0.153. The van der Waals surface area contributed by atoms with Crippen LogP contribution in [-0.4, -0.2) is 51.5 Å². The minimum atomic E-state index is -1.88. The number of rotatable bonds is 8. The number of hydrogen-bond donors (Lipinski definition) is 3. The maximum Gasteiger partial charge on any atom is 0.255 e. The van der Waals surface area contributed by atoms with Gasteiger partial charge in [-0.05, 0) is 42.0 Å². The predicted molar refractivity (Wildman–Crippen MR) is 136 cm³/mol. The van der Waals surface area contributed by atoms with Gasteiger partial charge < -0.3 is 20.4 Å². The van der Waals surface area contributed by atoms with Crippen LogP contribution >= 0.6 is 0 Å². The number of Topliss-reactive ketones (excluding diaryl/α,β-unsaturated/α-hetero) is 1. The summed E-state index contributed by atoms with van der Waals surface area (Å²) in [6, 6.07) is 24.0. The van der Waals surface area contributed by atoms with E-state index in [0.29, 0.717) is 12.1 Å². The van der Waals surface area contributed by atoms with Crippen molar-refractivity contribution in [3.63, 3.8) is 0 Å². The lowest BCUT2D eigenvalue weighted by Gasteiger charge is -2.28. The molecule has 1 saturated heterocycles. The highest BCUT2D eigenvalue weighted by Crippen LogP contribution is 2.32. The molecule has 7 heteroatoms. The normalized spacial score (nSPS) is 16.9. The molecule has 3 aromatic rings. The summed E-state index contributed by atoms with van der Waals surface area (Å²) in [7, 11) is 0. The maximum atomic E-state index is 12.9. The second-order valence-electron chi connectivity index (χ2n) is 9.01. The van der Waals surface area contributed by atoms with Gasteiger partial charge in [0.2, 0.25) is 0 Å². The van der Waals surface area contributed by atoms with Crippen LogP contribution in [-0.2, 0) is 16.1 Å². The molecule has 3 aromatic carbocycles. The van der Waals surface area contributed by atoms with Gasteiger partial charge in [-0.2, -0.15) is 0 Å². The molecular weight excluding hydrogens is 456 g/mol. The van der Waals surface area contributed by atoms with Crippen molar-refractivity contribution in [3.05, 3.63) is 95.6 Å². The van der Waals surface area contributed by atoms with Gasteiger partial charge in [-0.25, -0.2) is 0 Å². The van der Waals surface area contributed by atoms with Gasteiger partial charge in [-0.1, -0.05) is 78.9 Å². The van der Waals surface area contributed by atoms with Crippen molar-refractivity contribution in [2.45, 2.75) is 44.6 Å². The second kappa shape index (κ2) is 11.3. The van der Waals surface area contributed by atoms with Crippen LogP contribution in [0.15, 0.2) is 78.9 Å². The first-order valence-corrected chi connectivity index (χ1v) is 12.1. The third-order valence-electron chi connectivity index (χ3n) is 6.58. The van der Waals surface area contributed by atoms with Crippen molar-refractivity contribution in [2.24, 2.45) is 0 Å². The fourth-order valence-corrected chi connectivity index (χ4v) is 4.64. The Kier molecular flexibility index (Phi) is 7.93. The molecule has 0 aliphatic carbocycles. The van der Waals surface area contributed by atoms with Crippen LogP contribution in [0.4, 0.5) is 0 Å². The van der Waals surface area contributed by atoms with Gasteiger partial charge in [0, 0.05) is 18.7 Å². The molecule has 1 heterocycles. The Morgan fingerprint density at radius 2 is 1.58 bits per heavy atom. The molecule has 0 saturated carbocycles. The highest BCUT2D eigenvalue weighted by Gasteiger charge is 2.38. The summed E-state index contributed by atoms with van der Waals surface area (Å²) in [5, 5.41) is 23.5. The van der Waals surface area contributed by atoms with Crippen LogP contribution in [0.5, 0.6) is 0 Å². The van der Waals surface area contributed by atoms with E-state index in [1.807, 2.05) is 72.8 Å². The van der Waals surface area contributed by atoms with Gasteiger partial charge in [-0.3, -0.25) is 14.4 Å². The SMILES string of the molecule is CC(=O)c1ccccc1-c1ccc(CNC(=O)[C@H](O)[C@@H](O)C(=O)N2CCC[C@@H]2c2ccccc2)cc1. The summed E-state index contributed by atoms with van der Waals surface area (Å²) in [6.07, 6.45) is -2.18. The van der Waals surface area contributed by atoms with Crippen molar-refractivity contribution in [1.29, 1.82) is 0 Å². The topological polar surface area (TPSA) is 107 Å². The zero-order valence-electron chi connectivity index (χ0n) is 20.1. The van der Waals surface area contributed by atoms with Crippen molar-refractivity contribution >= 4 is 17.6 Å². The minimum Gasteiger partial charge on any atom is -0.380 e. The second-order valence-corrected chi connectivity index (χ2v) is 9.01.